The number of nitrogens with two attached hydrogens (primary N) is 1. The van der Waals surface area contributed by atoms with E-state index in [4.69, 9.17) is 15.0 Å². The summed E-state index contributed by atoms with van der Waals surface area (Å²) in [5, 5.41) is 10.2. The molecule has 0 spiro atoms. The molecule has 6 heteroatoms. The van der Waals surface area contributed by atoms with E-state index in [1.807, 2.05) is 27.7 Å². The normalized spacial score (nSPS) is 20.8. The number of aromatic hydroxyl groups is 1. The fourth-order valence-electron chi connectivity index (χ4n) is 1.99. The van der Waals surface area contributed by atoms with Gasteiger partial charge in [0.15, 0.2) is 0 Å². The summed E-state index contributed by atoms with van der Waals surface area (Å²) in [6.45, 7) is 8.35. The highest BCUT2D eigenvalue weighted by Gasteiger charge is 2.52. The topological polar surface area (TPSA) is 77.6 Å². The molecule has 104 valence electrons. The lowest BCUT2D eigenvalue weighted by molar-refractivity contribution is 0.00578. The standard InChI is InChI=1S/C13H21BN2O3/c1-12(2)13(3,4)19-14(18-12)9-6-8-16-10(5-7-15)11(9)17/h6,8,17H,5,7,15H2,1-4H3. The zero-order valence-corrected chi connectivity index (χ0v) is 11.9. The average molecular weight is 264 g/mol. The number of nitrogens with zero attached hydrogens (tertiary/aromatic N) is 1. The van der Waals surface area contributed by atoms with Crippen LogP contribution in [0.5, 0.6) is 5.75 Å². The van der Waals surface area contributed by atoms with Crippen molar-refractivity contribution in [3.8, 4) is 5.75 Å². The van der Waals surface area contributed by atoms with Crippen LogP contribution in [0.2, 0.25) is 0 Å². The third kappa shape index (κ3) is 2.48. The van der Waals surface area contributed by atoms with Gasteiger partial charge in [-0.05, 0) is 40.3 Å². The first-order valence-electron chi connectivity index (χ1n) is 6.51. The molecule has 19 heavy (non-hydrogen) atoms. The first-order valence-corrected chi connectivity index (χ1v) is 6.51. The van der Waals surface area contributed by atoms with E-state index >= 15 is 0 Å². The molecule has 1 aliphatic rings. The lowest BCUT2D eigenvalue weighted by atomic mass is 9.78. The molecule has 0 aliphatic carbocycles. The van der Waals surface area contributed by atoms with Gasteiger partial charge in [0.05, 0.1) is 16.9 Å². The minimum atomic E-state index is -0.579. The molecular weight excluding hydrogens is 243 g/mol. The molecule has 0 amide bonds. The van der Waals surface area contributed by atoms with E-state index in [1.54, 1.807) is 12.3 Å². The maximum atomic E-state index is 10.2. The fraction of sp³-hybridized carbons (Fsp3) is 0.615. The van der Waals surface area contributed by atoms with Crippen LogP contribution in [0.3, 0.4) is 0 Å². The quantitative estimate of drug-likeness (QED) is 0.781. The van der Waals surface area contributed by atoms with Gasteiger partial charge in [-0.15, -0.1) is 0 Å². The molecule has 1 aromatic rings. The molecule has 0 aromatic carbocycles. The summed E-state index contributed by atoms with van der Waals surface area (Å²) in [4.78, 5) is 4.13. The smallest absolute Gasteiger partial charge is 0.498 e. The number of hydrogen-bond acceptors (Lipinski definition) is 5. The fourth-order valence-corrected chi connectivity index (χ4v) is 1.99. The Hall–Kier alpha value is -1.11. The van der Waals surface area contributed by atoms with Gasteiger partial charge in [0.25, 0.3) is 0 Å². The Balaban J connectivity index is 2.32. The molecule has 3 N–H and O–H groups in total. The Labute approximate surface area is 114 Å². The maximum Gasteiger partial charge on any atom is 0.498 e. The van der Waals surface area contributed by atoms with E-state index in [-0.39, 0.29) is 5.75 Å². The van der Waals surface area contributed by atoms with Crippen LogP contribution < -0.4 is 11.2 Å². The van der Waals surface area contributed by atoms with Gasteiger partial charge in [0.2, 0.25) is 0 Å². The second-order valence-corrected chi connectivity index (χ2v) is 5.82. The van der Waals surface area contributed by atoms with Crippen molar-refractivity contribution in [1.82, 2.24) is 4.98 Å². The molecule has 0 atom stereocenters. The highest BCUT2D eigenvalue weighted by molar-refractivity contribution is 6.63. The number of rotatable bonds is 3. The summed E-state index contributed by atoms with van der Waals surface area (Å²) < 4.78 is 11.8. The Morgan fingerprint density at radius 1 is 1.26 bits per heavy atom. The van der Waals surface area contributed by atoms with Crippen molar-refractivity contribution in [1.29, 1.82) is 0 Å². The molecular formula is C13H21BN2O3. The van der Waals surface area contributed by atoms with Gasteiger partial charge in [-0.3, -0.25) is 4.98 Å². The van der Waals surface area contributed by atoms with Crippen LogP contribution in [-0.2, 0) is 15.7 Å². The molecule has 0 saturated carbocycles. The number of hydrogen-bond donors (Lipinski definition) is 2. The van der Waals surface area contributed by atoms with Crippen molar-refractivity contribution >= 4 is 12.6 Å². The molecule has 0 bridgehead atoms. The van der Waals surface area contributed by atoms with E-state index in [0.29, 0.717) is 24.1 Å². The summed E-state index contributed by atoms with van der Waals surface area (Å²) in [5.74, 6) is 0.117. The summed E-state index contributed by atoms with van der Waals surface area (Å²) in [6.07, 6.45) is 2.17. The second-order valence-electron chi connectivity index (χ2n) is 5.82. The molecule has 1 aromatic heterocycles. The van der Waals surface area contributed by atoms with Crippen LogP contribution in [0, 0.1) is 0 Å². The zero-order valence-electron chi connectivity index (χ0n) is 11.9. The van der Waals surface area contributed by atoms with Crippen LogP contribution in [0.4, 0.5) is 0 Å². The Morgan fingerprint density at radius 2 is 1.84 bits per heavy atom. The van der Waals surface area contributed by atoms with Crippen molar-refractivity contribution < 1.29 is 14.4 Å². The van der Waals surface area contributed by atoms with Crippen LogP contribution in [0.15, 0.2) is 12.3 Å². The van der Waals surface area contributed by atoms with E-state index < -0.39 is 18.3 Å². The predicted octanol–water partition coefficient (Wildman–Crippen LogP) is 0.588. The Kier molecular flexibility index (Phi) is 3.60. The molecule has 1 aliphatic heterocycles. The van der Waals surface area contributed by atoms with E-state index in [0.717, 1.165) is 0 Å². The van der Waals surface area contributed by atoms with Crippen molar-refractivity contribution in [3.05, 3.63) is 18.0 Å². The zero-order chi connectivity index (χ0) is 14.3. The molecule has 2 heterocycles. The minimum Gasteiger partial charge on any atom is -0.506 e. The van der Waals surface area contributed by atoms with Crippen molar-refractivity contribution in [3.63, 3.8) is 0 Å². The summed E-state index contributed by atoms with van der Waals surface area (Å²) in [6, 6.07) is 1.72. The van der Waals surface area contributed by atoms with Gasteiger partial charge in [-0.1, -0.05) is 0 Å². The van der Waals surface area contributed by atoms with E-state index in [9.17, 15) is 5.11 Å². The van der Waals surface area contributed by atoms with Crippen LogP contribution in [0.1, 0.15) is 33.4 Å². The van der Waals surface area contributed by atoms with E-state index in [1.165, 1.54) is 0 Å². The monoisotopic (exact) mass is 264 g/mol. The first-order chi connectivity index (χ1) is 8.78. The third-order valence-electron chi connectivity index (χ3n) is 3.92. The molecule has 2 rings (SSSR count). The molecule has 1 saturated heterocycles. The van der Waals surface area contributed by atoms with Crippen LogP contribution in [-0.4, -0.2) is 35.0 Å². The van der Waals surface area contributed by atoms with Gasteiger partial charge in [0, 0.05) is 18.1 Å². The molecule has 0 unspecified atom stereocenters. The van der Waals surface area contributed by atoms with Gasteiger partial charge in [-0.2, -0.15) is 0 Å². The summed E-state index contributed by atoms with van der Waals surface area (Å²) >= 11 is 0. The van der Waals surface area contributed by atoms with Gasteiger partial charge in [-0.25, -0.2) is 0 Å². The number of pyridine rings is 1. The van der Waals surface area contributed by atoms with Crippen molar-refractivity contribution in [2.24, 2.45) is 5.73 Å². The largest absolute Gasteiger partial charge is 0.506 e. The third-order valence-corrected chi connectivity index (χ3v) is 3.92. The summed E-state index contributed by atoms with van der Waals surface area (Å²) in [5.41, 5.74) is 5.83. The van der Waals surface area contributed by atoms with Crippen molar-refractivity contribution in [2.75, 3.05) is 6.54 Å². The average Bonchev–Trinajstić information content (AvgIpc) is 2.51. The van der Waals surface area contributed by atoms with Crippen LogP contribution in [0.25, 0.3) is 0 Å². The molecule has 0 radical (unpaired) electrons. The van der Waals surface area contributed by atoms with Crippen LogP contribution >= 0.6 is 0 Å². The Morgan fingerprint density at radius 3 is 2.37 bits per heavy atom. The highest BCUT2D eigenvalue weighted by Crippen LogP contribution is 2.37. The predicted molar refractivity (Wildman–Crippen MR) is 74.4 cm³/mol. The minimum absolute atomic E-state index is 0.117. The van der Waals surface area contributed by atoms with Gasteiger partial charge < -0.3 is 20.1 Å². The highest BCUT2D eigenvalue weighted by atomic mass is 16.7. The maximum absolute atomic E-state index is 10.2. The lowest BCUT2D eigenvalue weighted by Crippen LogP contribution is -2.41. The first kappa shape index (κ1) is 14.3. The second kappa shape index (κ2) is 4.78. The van der Waals surface area contributed by atoms with E-state index in [2.05, 4.69) is 4.98 Å². The molecule has 1 fully saturated rings. The van der Waals surface area contributed by atoms with Gasteiger partial charge >= 0.3 is 7.12 Å². The van der Waals surface area contributed by atoms with Gasteiger partial charge in [0.1, 0.15) is 5.75 Å². The lowest BCUT2D eigenvalue weighted by Gasteiger charge is -2.32. The SMILES string of the molecule is CC1(C)OB(c2ccnc(CCN)c2O)OC1(C)C. The molecule has 5 nitrogen and oxygen atoms in total. The number of aromatic nitrogens is 1. The van der Waals surface area contributed by atoms with Crippen molar-refractivity contribution in [2.45, 2.75) is 45.3 Å². The Bertz CT molecular complexity index is 461. The summed E-state index contributed by atoms with van der Waals surface area (Å²) in [7, 11) is -0.579.